The summed E-state index contributed by atoms with van der Waals surface area (Å²) in [6.45, 7) is 1.49. The van der Waals surface area contributed by atoms with Gasteiger partial charge in [-0.15, -0.1) is 11.3 Å². The topological polar surface area (TPSA) is 30.0 Å². The van der Waals surface area contributed by atoms with E-state index in [9.17, 15) is 4.79 Å². The first kappa shape index (κ1) is 5.44. The van der Waals surface area contributed by atoms with E-state index in [0.717, 1.165) is 0 Å². The van der Waals surface area contributed by atoms with Gasteiger partial charge < -0.3 is 0 Å². The van der Waals surface area contributed by atoms with Crippen LogP contribution >= 0.6 is 11.3 Å². The molecule has 0 aromatic carbocycles. The second-order valence-electron chi connectivity index (χ2n) is 1.38. The zero-order chi connectivity index (χ0) is 5.98. The molecule has 0 unspecified atom stereocenters. The van der Waals surface area contributed by atoms with Crippen molar-refractivity contribution in [1.82, 2.24) is 4.98 Å². The van der Waals surface area contributed by atoms with Gasteiger partial charge in [-0.2, -0.15) is 0 Å². The molecule has 0 amide bonds. The summed E-state index contributed by atoms with van der Waals surface area (Å²) < 4.78 is 0. The number of thiazole rings is 1. The van der Waals surface area contributed by atoms with Crippen LogP contribution in [0, 0.1) is 5.51 Å². The Morgan fingerprint density at radius 1 is 2.00 bits per heavy atom. The average molecular weight is 126 g/mol. The molecule has 1 heterocycles. The van der Waals surface area contributed by atoms with Crippen molar-refractivity contribution in [3.63, 3.8) is 0 Å². The van der Waals surface area contributed by atoms with E-state index < -0.39 is 0 Å². The lowest BCUT2D eigenvalue weighted by atomic mass is 10.4. The van der Waals surface area contributed by atoms with Gasteiger partial charge in [0.2, 0.25) is 0 Å². The quantitative estimate of drug-likeness (QED) is 0.528. The van der Waals surface area contributed by atoms with E-state index >= 15 is 0 Å². The Kier molecular flexibility index (Phi) is 1.39. The number of rotatable bonds is 1. The van der Waals surface area contributed by atoms with E-state index in [-0.39, 0.29) is 5.78 Å². The van der Waals surface area contributed by atoms with Gasteiger partial charge in [0.1, 0.15) is 5.69 Å². The maximum atomic E-state index is 10.4. The van der Waals surface area contributed by atoms with Crippen molar-refractivity contribution in [1.29, 1.82) is 0 Å². The van der Waals surface area contributed by atoms with Crippen LogP contribution in [0.3, 0.4) is 0 Å². The van der Waals surface area contributed by atoms with Gasteiger partial charge in [-0.05, 0) is 0 Å². The van der Waals surface area contributed by atoms with Gasteiger partial charge >= 0.3 is 0 Å². The molecule has 1 aromatic heterocycles. The van der Waals surface area contributed by atoms with E-state index in [1.165, 1.54) is 18.3 Å². The van der Waals surface area contributed by atoms with Gasteiger partial charge in [0.15, 0.2) is 11.3 Å². The Hall–Kier alpha value is -0.700. The standard InChI is InChI=1S/C5H4NOS/c1-4(7)5-2-8-3-6-5/h2H,1H3. The Bertz CT molecular complexity index is 180. The van der Waals surface area contributed by atoms with Gasteiger partial charge in [0.25, 0.3) is 0 Å². The van der Waals surface area contributed by atoms with Crippen LogP contribution in [0.2, 0.25) is 0 Å². The summed E-state index contributed by atoms with van der Waals surface area (Å²) in [5.74, 6) is 0.00231. The molecule has 8 heavy (non-hydrogen) atoms. The molecular weight excluding hydrogens is 122 g/mol. The largest absolute Gasteiger partial charge is 0.293 e. The van der Waals surface area contributed by atoms with E-state index in [2.05, 4.69) is 10.5 Å². The van der Waals surface area contributed by atoms with Crippen molar-refractivity contribution >= 4 is 17.1 Å². The second-order valence-corrected chi connectivity index (χ2v) is 2.03. The molecule has 0 saturated heterocycles. The molecule has 0 saturated carbocycles. The molecule has 0 aliphatic rings. The number of carbonyl (C=O) groups is 1. The monoisotopic (exact) mass is 126 g/mol. The van der Waals surface area contributed by atoms with Gasteiger partial charge in [-0.1, -0.05) is 0 Å². The highest BCUT2D eigenvalue weighted by atomic mass is 32.1. The highest BCUT2D eigenvalue weighted by molar-refractivity contribution is 7.07. The average Bonchev–Trinajstić information content (AvgIpc) is 2.12. The van der Waals surface area contributed by atoms with E-state index in [0.29, 0.717) is 5.69 Å². The lowest BCUT2D eigenvalue weighted by Gasteiger charge is -1.78. The first-order valence-electron chi connectivity index (χ1n) is 2.13. The number of ketones is 1. The maximum absolute atomic E-state index is 10.4. The molecule has 1 radical (unpaired) electrons. The Labute approximate surface area is 51.2 Å². The van der Waals surface area contributed by atoms with Crippen LogP contribution in [0.5, 0.6) is 0 Å². The molecule has 1 rings (SSSR count). The minimum atomic E-state index is 0.00231. The highest BCUT2D eigenvalue weighted by Gasteiger charge is 1.97. The van der Waals surface area contributed by atoms with Gasteiger partial charge in [0, 0.05) is 12.3 Å². The predicted molar refractivity (Wildman–Crippen MR) is 31.0 cm³/mol. The first-order valence-corrected chi connectivity index (χ1v) is 3.01. The fraction of sp³-hybridized carbons (Fsp3) is 0.200. The molecule has 3 heteroatoms. The van der Waals surface area contributed by atoms with Crippen LogP contribution in [-0.4, -0.2) is 10.8 Å². The second kappa shape index (κ2) is 2.05. The molecule has 41 valence electrons. The van der Waals surface area contributed by atoms with Crippen LogP contribution in [-0.2, 0) is 0 Å². The first-order chi connectivity index (χ1) is 3.80. The fourth-order valence-electron chi connectivity index (χ4n) is 0.346. The lowest BCUT2D eigenvalue weighted by Crippen LogP contribution is -1.89. The van der Waals surface area contributed by atoms with Gasteiger partial charge in [0.05, 0.1) is 0 Å². The smallest absolute Gasteiger partial charge is 0.178 e. The lowest BCUT2D eigenvalue weighted by molar-refractivity contribution is 0.101. The fourth-order valence-corrected chi connectivity index (χ4v) is 0.880. The molecule has 0 fully saturated rings. The van der Waals surface area contributed by atoms with Crippen molar-refractivity contribution < 1.29 is 4.79 Å². The summed E-state index contributed by atoms with van der Waals surface area (Å²) in [7, 11) is 0. The van der Waals surface area contributed by atoms with Gasteiger partial charge in [-0.25, -0.2) is 4.98 Å². The van der Waals surface area contributed by atoms with Crippen LogP contribution in [0.4, 0.5) is 0 Å². The maximum Gasteiger partial charge on any atom is 0.178 e. The number of nitrogens with zero attached hydrogens (tertiary/aromatic N) is 1. The molecule has 0 atom stereocenters. The third-order valence-corrected chi connectivity index (χ3v) is 1.29. The van der Waals surface area contributed by atoms with Crippen molar-refractivity contribution in [2.75, 3.05) is 0 Å². The SMILES string of the molecule is CC(=O)c1cs[c]n1. The molecule has 0 N–H and O–H groups in total. The summed E-state index contributed by atoms with van der Waals surface area (Å²) >= 11 is 1.31. The number of Topliss-reactive ketones (excluding diaryl/α,β-unsaturated/α-hetero) is 1. The van der Waals surface area contributed by atoms with Crippen LogP contribution in [0.25, 0.3) is 0 Å². The normalized spacial score (nSPS) is 9.12. The number of aromatic nitrogens is 1. The zero-order valence-corrected chi connectivity index (χ0v) is 5.16. The van der Waals surface area contributed by atoms with Crippen LogP contribution < -0.4 is 0 Å². The molecule has 1 aromatic rings. The summed E-state index contributed by atoms with van der Waals surface area (Å²) in [6.07, 6.45) is 0. The molecule has 0 aliphatic carbocycles. The summed E-state index contributed by atoms with van der Waals surface area (Å²) in [6, 6.07) is 0. The van der Waals surface area contributed by atoms with E-state index in [1.54, 1.807) is 5.38 Å². The molecular formula is C5H4NOS. The molecule has 0 aliphatic heterocycles. The van der Waals surface area contributed by atoms with Crippen molar-refractivity contribution in [3.05, 3.63) is 16.6 Å². The van der Waals surface area contributed by atoms with Gasteiger partial charge in [-0.3, -0.25) is 4.79 Å². The van der Waals surface area contributed by atoms with Crippen molar-refractivity contribution in [2.45, 2.75) is 6.92 Å². The third kappa shape index (κ3) is 0.924. The zero-order valence-electron chi connectivity index (χ0n) is 4.34. The summed E-state index contributed by atoms with van der Waals surface area (Å²) in [5.41, 5.74) is 3.09. The minimum Gasteiger partial charge on any atom is -0.293 e. The van der Waals surface area contributed by atoms with E-state index in [4.69, 9.17) is 0 Å². The summed E-state index contributed by atoms with van der Waals surface area (Å²) in [5, 5.41) is 1.68. The summed E-state index contributed by atoms with van der Waals surface area (Å²) in [4.78, 5) is 14.1. The number of carbonyl (C=O) groups excluding carboxylic acids is 1. The van der Waals surface area contributed by atoms with Crippen molar-refractivity contribution in [3.8, 4) is 0 Å². The molecule has 0 spiro atoms. The number of hydrogen-bond acceptors (Lipinski definition) is 3. The van der Waals surface area contributed by atoms with E-state index in [1.807, 2.05) is 0 Å². The van der Waals surface area contributed by atoms with Crippen LogP contribution in [0.1, 0.15) is 17.4 Å². The van der Waals surface area contributed by atoms with Crippen LogP contribution in [0.15, 0.2) is 5.38 Å². The Balaban J connectivity index is 2.93. The highest BCUT2D eigenvalue weighted by Crippen LogP contribution is 1.99. The minimum absolute atomic E-state index is 0.00231. The Morgan fingerprint density at radius 3 is 3.00 bits per heavy atom. The predicted octanol–water partition coefficient (Wildman–Crippen LogP) is 1.15. The number of hydrogen-bond donors (Lipinski definition) is 0. The molecule has 2 nitrogen and oxygen atoms in total. The third-order valence-electron chi connectivity index (χ3n) is 0.750. The van der Waals surface area contributed by atoms with Crippen molar-refractivity contribution in [2.24, 2.45) is 0 Å². The Morgan fingerprint density at radius 2 is 2.75 bits per heavy atom. The molecule has 0 bridgehead atoms.